The Morgan fingerprint density at radius 2 is 1.93 bits per heavy atom. The van der Waals surface area contributed by atoms with Crippen molar-refractivity contribution in [1.29, 1.82) is 0 Å². The Morgan fingerprint density at radius 3 is 2.67 bits per heavy atom. The number of benzene rings is 1. The predicted octanol–water partition coefficient (Wildman–Crippen LogP) is 5.19. The second-order valence-electron chi connectivity index (χ2n) is 11.3. The molecule has 1 atom stereocenters. The van der Waals surface area contributed by atoms with Crippen LogP contribution in [0.15, 0.2) is 36.9 Å². The molecule has 1 unspecified atom stereocenters. The van der Waals surface area contributed by atoms with Crippen molar-refractivity contribution in [3.63, 3.8) is 0 Å². The molecule has 222 valence electrons. The Morgan fingerprint density at radius 1 is 1.12 bits per heavy atom. The maximum Gasteiger partial charge on any atom is 0.288 e. The van der Waals surface area contributed by atoms with Crippen LogP contribution in [0.4, 0.5) is 24.7 Å². The highest BCUT2D eigenvalue weighted by atomic mass is 19.3. The topological polar surface area (TPSA) is 102 Å². The molecular formula is C30H29F3N8O2. The summed E-state index contributed by atoms with van der Waals surface area (Å²) < 4.78 is 50.6. The third kappa shape index (κ3) is 4.76. The summed E-state index contributed by atoms with van der Waals surface area (Å²) in [5, 5.41) is 0. The van der Waals surface area contributed by atoms with E-state index in [4.69, 9.17) is 9.72 Å². The van der Waals surface area contributed by atoms with Crippen LogP contribution >= 0.6 is 0 Å². The van der Waals surface area contributed by atoms with Gasteiger partial charge in [0, 0.05) is 51.2 Å². The highest BCUT2D eigenvalue weighted by Crippen LogP contribution is 2.46. The van der Waals surface area contributed by atoms with Crippen LogP contribution in [0.5, 0.6) is 5.88 Å². The number of carbonyl (C=O) groups is 1. The number of aryl methyl sites for hydroxylation is 1. The Kier molecular flexibility index (Phi) is 6.36. The molecule has 3 aliphatic rings. The van der Waals surface area contributed by atoms with E-state index in [-0.39, 0.29) is 43.6 Å². The van der Waals surface area contributed by atoms with Gasteiger partial charge in [-0.05, 0) is 24.0 Å². The highest BCUT2D eigenvalue weighted by Gasteiger charge is 2.35. The molecule has 0 bridgehead atoms. The van der Waals surface area contributed by atoms with E-state index in [1.165, 1.54) is 24.5 Å². The van der Waals surface area contributed by atoms with Crippen molar-refractivity contribution in [3.05, 3.63) is 59.4 Å². The first-order chi connectivity index (χ1) is 20.6. The lowest BCUT2D eigenvalue weighted by Crippen LogP contribution is -2.44. The number of aromatic nitrogens is 6. The van der Waals surface area contributed by atoms with E-state index in [1.54, 1.807) is 29.9 Å². The largest absolute Gasteiger partial charge is 0.480 e. The number of alkyl halides is 3. The minimum Gasteiger partial charge on any atom is -0.480 e. The van der Waals surface area contributed by atoms with Crippen molar-refractivity contribution in [2.75, 3.05) is 30.5 Å². The van der Waals surface area contributed by atoms with Crippen molar-refractivity contribution < 1.29 is 22.7 Å². The Hall–Kier alpha value is -4.55. The van der Waals surface area contributed by atoms with Gasteiger partial charge >= 0.3 is 0 Å². The first kappa shape index (κ1) is 27.3. The summed E-state index contributed by atoms with van der Waals surface area (Å²) in [6.45, 7) is 1.34. The molecule has 0 saturated heterocycles. The number of likely N-dealkylation sites (N-methyl/N-ethyl adjacent to an activating group) is 1. The number of ether oxygens (including phenoxy) is 1. The van der Waals surface area contributed by atoms with Crippen LogP contribution in [-0.4, -0.2) is 56.1 Å². The first-order valence-electron chi connectivity index (χ1n) is 14.1. The van der Waals surface area contributed by atoms with E-state index in [9.17, 15) is 13.6 Å². The number of imidazole rings is 1. The van der Waals surface area contributed by atoms with Crippen LogP contribution in [0.3, 0.4) is 0 Å². The highest BCUT2D eigenvalue weighted by molar-refractivity contribution is 6.02. The quantitative estimate of drug-likeness (QED) is 0.302. The number of methoxy groups -OCH3 is 1. The third-order valence-electron chi connectivity index (χ3n) is 8.25. The number of hydrogen-bond acceptors (Lipinski definition) is 8. The number of nitrogens with zero attached hydrogens (tertiary/aromatic N) is 8. The van der Waals surface area contributed by atoms with Gasteiger partial charge in [-0.1, -0.05) is 18.2 Å². The number of hydrogen-bond donors (Lipinski definition) is 0. The Bertz CT molecular complexity index is 1750. The molecule has 2 aliphatic heterocycles. The van der Waals surface area contributed by atoms with Gasteiger partial charge in [0.05, 0.1) is 25.5 Å². The molecule has 0 spiro atoms. The van der Waals surface area contributed by atoms with Crippen LogP contribution in [-0.2, 0) is 23.8 Å². The summed E-state index contributed by atoms with van der Waals surface area (Å²) >= 11 is 0. The lowest BCUT2D eigenvalue weighted by Gasteiger charge is -2.34. The molecule has 1 amide bonds. The number of fused-ring (bicyclic) bond motifs is 4. The fraction of sp³-hybridized carbons (Fsp3) is 0.400. The van der Waals surface area contributed by atoms with E-state index in [1.807, 2.05) is 11.0 Å². The zero-order chi connectivity index (χ0) is 30.0. The Balaban J connectivity index is 1.27. The molecule has 1 aromatic carbocycles. The van der Waals surface area contributed by atoms with Crippen molar-refractivity contribution >= 4 is 17.4 Å². The first-order valence-corrected chi connectivity index (χ1v) is 14.1. The molecule has 1 aliphatic carbocycles. The lowest BCUT2D eigenvalue weighted by atomic mass is 9.98. The molecule has 5 heterocycles. The predicted molar refractivity (Wildman–Crippen MR) is 152 cm³/mol. The average Bonchev–Trinajstić information content (AvgIpc) is 3.77. The molecule has 13 heteroatoms. The number of carbonyl (C=O) groups excluding carboxylic acids is 1. The van der Waals surface area contributed by atoms with Crippen molar-refractivity contribution in [1.82, 2.24) is 29.5 Å². The molecule has 1 saturated carbocycles. The standard InChI is InChI=1S/C30H29F3N8O2/c1-30(32,33)22-13-40-9-8-20(31)19-10-16(4-7-18(19)27(40)37-22)12-41-14-23(42)39(2)21-11-34-26(38-28(21)41)24-25(17-5-6-17)35-15-36-29(24)43-3/h4,7,10-11,13,15,17,20H,5-6,8-9,12,14H2,1-3H3. The van der Waals surface area contributed by atoms with Gasteiger partial charge in [-0.2, -0.15) is 8.78 Å². The summed E-state index contributed by atoms with van der Waals surface area (Å²) in [4.78, 5) is 38.8. The van der Waals surface area contributed by atoms with Crippen LogP contribution in [0.1, 0.15) is 60.8 Å². The zero-order valence-corrected chi connectivity index (χ0v) is 23.9. The molecule has 4 aromatic rings. The normalized spacial score (nSPS) is 18.2. The van der Waals surface area contributed by atoms with Crippen LogP contribution < -0.4 is 14.5 Å². The van der Waals surface area contributed by atoms with Gasteiger partial charge in [-0.25, -0.2) is 29.3 Å². The van der Waals surface area contributed by atoms with E-state index < -0.39 is 12.1 Å². The fourth-order valence-electron chi connectivity index (χ4n) is 5.79. The second kappa shape index (κ2) is 10.0. The molecular weight excluding hydrogens is 561 g/mol. The van der Waals surface area contributed by atoms with Crippen LogP contribution in [0, 0.1) is 0 Å². The van der Waals surface area contributed by atoms with Gasteiger partial charge in [-0.3, -0.25) is 4.79 Å². The summed E-state index contributed by atoms with van der Waals surface area (Å²) in [6, 6.07) is 5.26. The maximum absolute atomic E-state index is 15.4. The molecule has 0 N–H and O–H groups in total. The van der Waals surface area contributed by atoms with E-state index in [0.717, 1.165) is 31.0 Å². The van der Waals surface area contributed by atoms with Crippen molar-refractivity contribution in [2.45, 2.75) is 57.3 Å². The molecule has 0 radical (unpaired) electrons. The molecule has 3 aromatic heterocycles. The van der Waals surface area contributed by atoms with Gasteiger partial charge in [0.1, 0.15) is 35.3 Å². The van der Waals surface area contributed by atoms with Gasteiger partial charge < -0.3 is 19.1 Å². The molecule has 7 rings (SSSR count). The fourth-order valence-corrected chi connectivity index (χ4v) is 5.79. The maximum atomic E-state index is 15.4. The monoisotopic (exact) mass is 590 g/mol. The summed E-state index contributed by atoms with van der Waals surface area (Å²) in [7, 11) is 3.22. The number of anilines is 2. The van der Waals surface area contributed by atoms with E-state index in [2.05, 4.69) is 19.9 Å². The van der Waals surface area contributed by atoms with Gasteiger partial charge in [0.15, 0.2) is 11.6 Å². The zero-order valence-electron chi connectivity index (χ0n) is 23.9. The molecule has 43 heavy (non-hydrogen) atoms. The van der Waals surface area contributed by atoms with Gasteiger partial charge in [0.25, 0.3) is 5.92 Å². The summed E-state index contributed by atoms with van der Waals surface area (Å²) in [5.41, 5.74) is 3.27. The van der Waals surface area contributed by atoms with Crippen LogP contribution in [0.25, 0.3) is 22.8 Å². The molecule has 10 nitrogen and oxygen atoms in total. The van der Waals surface area contributed by atoms with Gasteiger partial charge in [-0.15, -0.1) is 0 Å². The third-order valence-corrected chi connectivity index (χ3v) is 8.25. The lowest BCUT2D eigenvalue weighted by molar-refractivity contribution is -0.117. The van der Waals surface area contributed by atoms with Crippen molar-refractivity contribution in [3.8, 4) is 28.7 Å². The second-order valence-corrected chi connectivity index (χ2v) is 11.3. The smallest absolute Gasteiger partial charge is 0.288 e. The minimum absolute atomic E-state index is 0.0490. The summed E-state index contributed by atoms with van der Waals surface area (Å²) in [6.07, 6.45) is 5.24. The Labute approximate surface area is 245 Å². The number of rotatable bonds is 6. The molecule has 1 fully saturated rings. The number of halogens is 3. The van der Waals surface area contributed by atoms with Crippen molar-refractivity contribution in [2.24, 2.45) is 0 Å². The van der Waals surface area contributed by atoms with Crippen LogP contribution in [0.2, 0.25) is 0 Å². The summed E-state index contributed by atoms with van der Waals surface area (Å²) in [5.74, 6) is -1.33. The number of amides is 1. The van der Waals surface area contributed by atoms with E-state index in [0.29, 0.717) is 45.7 Å². The van der Waals surface area contributed by atoms with E-state index >= 15 is 4.39 Å². The van der Waals surface area contributed by atoms with Gasteiger partial charge in [0.2, 0.25) is 11.8 Å². The SMILES string of the molecule is COc1ncnc(C2CC2)c1-c1ncc2c(n1)N(Cc1ccc3c(c1)C(F)CCn1cc(C(C)(F)F)nc1-3)CC(=O)N2C. The average molecular weight is 591 g/mol. The minimum atomic E-state index is -3.11.